The van der Waals surface area contributed by atoms with Gasteiger partial charge in [-0.2, -0.15) is 0 Å². The van der Waals surface area contributed by atoms with Crippen molar-refractivity contribution in [1.82, 2.24) is 0 Å². The highest BCUT2D eigenvalue weighted by atomic mass is 35.5. The zero-order valence-corrected chi connectivity index (χ0v) is 11.5. The second kappa shape index (κ2) is 5.98. The highest BCUT2D eigenvalue weighted by molar-refractivity contribution is 6.34. The smallest absolute Gasteiger partial charge is 0.170 e. The summed E-state index contributed by atoms with van der Waals surface area (Å²) in [5, 5.41) is 12.1. The van der Waals surface area contributed by atoms with Crippen LogP contribution in [0.15, 0.2) is 41.6 Å². The summed E-state index contributed by atoms with van der Waals surface area (Å²) in [6, 6.07) is 8.45. The molecule has 0 spiro atoms. The third-order valence-electron chi connectivity index (χ3n) is 2.40. The number of halogens is 3. The van der Waals surface area contributed by atoms with E-state index in [9.17, 15) is 4.39 Å². The third-order valence-corrected chi connectivity index (χ3v) is 2.84. The Hall–Kier alpha value is -1.98. The molecule has 3 N–H and O–H groups in total. The minimum atomic E-state index is -0.662. The van der Waals surface area contributed by atoms with Crippen LogP contribution in [-0.2, 0) is 0 Å². The van der Waals surface area contributed by atoms with Gasteiger partial charge in [0.25, 0.3) is 0 Å². The van der Waals surface area contributed by atoms with Gasteiger partial charge in [0.1, 0.15) is 5.75 Å². The second-order valence-corrected chi connectivity index (χ2v) is 4.71. The molecule has 0 aliphatic rings. The Morgan fingerprint density at radius 2 is 1.80 bits per heavy atom. The molecule has 0 aliphatic heterocycles. The maximum Gasteiger partial charge on any atom is 0.170 e. The molecule has 0 atom stereocenters. The van der Waals surface area contributed by atoms with Crippen LogP contribution in [0.3, 0.4) is 0 Å². The standard InChI is InChI=1S/C13H9Cl2FN2O2/c14-8-4-9(15)6-10(5-8)20-12-2-1-7(3-11(12)16)13(17)18-19/h1-6,19H,(H2,17,18). The average molecular weight is 315 g/mol. The van der Waals surface area contributed by atoms with E-state index in [4.69, 9.17) is 38.9 Å². The lowest BCUT2D eigenvalue weighted by Crippen LogP contribution is -2.13. The summed E-state index contributed by atoms with van der Waals surface area (Å²) < 4.78 is 19.2. The van der Waals surface area contributed by atoms with Gasteiger partial charge in [0, 0.05) is 15.6 Å². The molecule has 0 heterocycles. The number of hydrogen-bond acceptors (Lipinski definition) is 3. The molecule has 0 saturated carbocycles. The minimum absolute atomic E-state index is 0.0298. The number of benzene rings is 2. The van der Waals surface area contributed by atoms with Crippen molar-refractivity contribution in [3.8, 4) is 11.5 Å². The van der Waals surface area contributed by atoms with Crippen LogP contribution in [0.25, 0.3) is 0 Å². The molecule has 0 bridgehead atoms. The SMILES string of the molecule is N/C(=N\O)c1ccc(Oc2cc(Cl)cc(Cl)c2)c(F)c1. The van der Waals surface area contributed by atoms with Gasteiger partial charge in [0.05, 0.1) is 0 Å². The van der Waals surface area contributed by atoms with Gasteiger partial charge in [-0.3, -0.25) is 0 Å². The normalized spacial score (nSPS) is 11.4. The molecule has 0 saturated heterocycles. The predicted molar refractivity (Wildman–Crippen MR) is 75.4 cm³/mol. The van der Waals surface area contributed by atoms with Crippen molar-refractivity contribution in [2.24, 2.45) is 10.9 Å². The topological polar surface area (TPSA) is 67.8 Å². The van der Waals surface area contributed by atoms with Crippen LogP contribution in [0.1, 0.15) is 5.56 Å². The highest BCUT2D eigenvalue weighted by Gasteiger charge is 2.09. The molecule has 104 valence electrons. The molecule has 2 aromatic carbocycles. The number of hydrogen-bond donors (Lipinski definition) is 2. The minimum Gasteiger partial charge on any atom is -0.454 e. The number of amidine groups is 1. The fraction of sp³-hybridized carbons (Fsp3) is 0. The molecular formula is C13H9Cl2FN2O2. The number of nitrogens with two attached hydrogens (primary N) is 1. The highest BCUT2D eigenvalue weighted by Crippen LogP contribution is 2.30. The Morgan fingerprint density at radius 3 is 2.35 bits per heavy atom. The summed E-state index contributed by atoms with van der Waals surface area (Å²) in [5.74, 6) is -0.581. The van der Waals surface area contributed by atoms with E-state index in [-0.39, 0.29) is 17.1 Å². The zero-order chi connectivity index (χ0) is 14.7. The fourth-order valence-corrected chi connectivity index (χ4v) is 2.02. The first kappa shape index (κ1) is 14.4. The Kier molecular flexibility index (Phi) is 4.32. The molecule has 0 aliphatic carbocycles. The molecule has 0 radical (unpaired) electrons. The molecule has 0 amide bonds. The van der Waals surface area contributed by atoms with E-state index in [0.717, 1.165) is 6.07 Å². The zero-order valence-electron chi connectivity index (χ0n) is 9.98. The first-order valence-corrected chi connectivity index (χ1v) is 6.16. The van der Waals surface area contributed by atoms with E-state index < -0.39 is 5.82 Å². The third kappa shape index (κ3) is 3.31. The van der Waals surface area contributed by atoms with Crippen LogP contribution in [-0.4, -0.2) is 11.0 Å². The van der Waals surface area contributed by atoms with E-state index in [0.29, 0.717) is 15.8 Å². The molecule has 20 heavy (non-hydrogen) atoms. The quantitative estimate of drug-likeness (QED) is 0.389. The number of rotatable bonds is 3. The summed E-state index contributed by atoms with van der Waals surface area (Å²) in [5.41, 5.74) is 5.60. The van der Waals surface area contributed by atoms with Crippen molar-refractivity contribution in [3.63, 3.8) is 0 Å². The van der Waals surface area contributed by atoms with Gasteiger partial charge < -0.3 is 15.7 Å². The Labute approximate surface area is 124 Å². The van der Waals surface area contributed by atoms with Crippen LogP contribution in [0, 0.1) is 5.82 Å². The van der Waals surface area contributed by atoms with E-state index >= 15 is 0 Å². The predicted octanol–water partition coefficient (Wildman–Crippen LogP) is 4.02. The molecule has 2 rings (SSSR count). The first-order valence-electron chi connectivity index (χ1n) is 5.41. The average Bonchev–Trinajstić information content (AvgIpc) is 2.39. The first-order chi connectivity index (χ1) is 9.49. The van der Waals surface area contributed by atoms with Crippen LogP contribution in [0.5, 0.6) is 11.5 Å². The van der Waals surface area contributed by atoms with E-state index in [1.54, 1.807) is 0 Å². The van der Waals surface area contributed by atoms with Crippen LogP contribution >= 0.6 is 23.2 Å². The molecule has 0 unspecified atom stereocenters. The van der Waals surface area contributed by atoms with E-state index in [2.05, 4.69) is 5.16 Å². The van der Waals surface area contributed by atoms with Gasteiger partial charge in [-0.1, -0.05) is 28.4 Å². The van der Waals surface area contributed by atoms with Crippen molar-refractivity contribution in [2.75, 3.05) is 0 Å². The molecule has 7 heteroatoms. The number of oxime groups is 1. The fourth-order valence-electron chi connectivity index (χ4n) is 1.52. The van der Waals surface area contributed by atoms with Gasteiger partial charge >= 0.3 is 0 Å². The summed E-state index contributed by atoms with van der Waals surface area (Å²) in [7, 11) is 0. The summed E-state index contributed by atoms with van der Waals surface area (Å²) in [4.78, 5) is 0. The number of nitrogens with zero attached hydrogens (tertiary/aromatic N) is 1. The maximum atomic E-state index is 13.9. The Bertz CT molecular complexity index is 657. The second-order valence-electron chi connectivity index (χ2n) is 3.84. The lowest BCUT2D eigenvalue weighted by atomic mass is 10.2. The molecular weight excluding hydrogens is 306 g/mol. The van der Waals surface area contributed by atoms with Gasteiger partial charge in [0.15, 0.2) is 17.4 Å². The summed E-state index contributed by atoms with van der Waals surface area (Å²) >= 11 is 11.6. The number of ether oxygens (including phenoxy) is 1. The maximum absolute atomic E-state index is 13.9. The van der Waals surface area contributed by atoms with Crippen LogP contribution < -0.4 is 10.5 Å². The Morgan fingerprint density at radius 1 is 1.15 bits per heavy atom. The monoisotopic (exact) mass is 314 g/mol. The van der Waals surface area contributed by atoms with Crippen molar-refractivity contribution in [3.05, 3.63) is 57.8 Å². The van der Waals surface area contributed by atoms with Gasteiger partial charge in [0.2, 0.25) is 0 Å². The summed E-state index contributed by atoms with van der Waals surface area (Å²) in [6.07, 6.45) is 0. The van der Waals surface area contributed by atoms with Crippen LogP contribution in [0.4, 0.5) is 4.39 Å². The lowest BCUT2D eigenvalue weighted by Gasteiger charge is -2.08. The van der Waals surface area contributed by atoms with Crippen molar-refractivity contribution in [2.45, 2.75) is 0 Å². The largest absolute Gasteiger partial charge is 0.454 e. The van der Waals surface area contributed by atoms with Crippen molar-refractivity contribution in [1.29, 1.82) is 0 Å². The van der Waals surface area contributed by atoms with Gasteiger partial charge in [-0.25, -0.2) is 4.39 Å². The van der Waals surface area contributed by atoms with Crippen molar-refractivity contribution < 1.29 is 14.3 Å². The van der Waals surface area contributed by atoms with E-state index in [1.165, 1.54) is 30.3 Å². The molecule has 0 fully saturated rings. The van der Waals surface area contributed by atoms with Crippen molar-refractivity contribution >= 4 is 29.0 Å². The van der Waals surface area contributed by atoms with Gasteiger partial charge in [-0.05, 0) is 36.4 Å². The molecule has 2 aromatic rings. The van der Waals surface area contributed by atoms with Crippen LogP contribution in [0.2, 0.25) is 10.0 Å². The Balaban J connectivity index is 2.30. The lowest BCUT2D eigenvalue weighted by molar-refractivity contribution is 0.318. The van der Waals surface area contributed by atoms with E-state index in [1.807, 2.05) is 0 Å². The molecule has 0 aromatic heterocycles. The summed E-state index contributed by atoms with van der Waals surface area (Å²) in [6.45, 7) is 0. The van der Waals surface area contributed by atoms with Gasteiger partial charge in [-0.15, -0.1) is 0 Å². The molecule has 4 nitrogen and oxygen atoms in total.